The first-order chi connectivity index (χ1) is 26.9. The minimum Gasteiger partial charge on any atom is -0.462 e. The van der Waals surface area contributed by atoms with Gasteiger partial charge < -0.3 is 29.5 Å². The Morgan fingerprint density at radius 2 is 1.36 bits per heavy atom. The van der Waals surface area contributed by atoms with Gasteiger partial charge in [0.25, 0.3) is 0 Å². The van der Waals surface area contributed by atoms with Crippen LogP contribution in [-0.4, -0.2) is 69.2 Å². The largest absolute Gasteiger partial charge is 0.469 e. The highest BCUT2D eigenvalue weighted by Crippen LogP contribution is 2.36. The molecule has 4 N–H and O–H groups in total. The topological polar surface area (TPSA) is 177 Å². The van der Waals surface area contributed by atoms with Crippen LogP contribution in [0.2, 0.25) is 0 Å². The Hall–Kier alpha value is -1.88. The molecule has 1 rings (SSSR count). The number of carbonyl (C=O) groups excluding carboxylic acids is 3. The Balaban J connectivity index is 2.25. The lowest BCUT2D eigenvalue weighted by Crippen LogP contribution is -2.29. The van der Waals surface area contributed by atoms with Gasteiger partial charge in [-0.15, -0.1) is 0 Å². The average molecular weight is 815 g/mol. The molecular weight excluding hydrogens is 735 g/mol. The van der Waals surface area contributed by atoms with Crippen molar-refractivity contribution in [1.82, 2.24) is 0 Å². The Morgan fingerprint density at radius 1 is 0.786 bits per heavy atom. The van der Waals surface area contributed by atoms with Gasteiger partial charge in [-0.05, 0) is 38.0 Å². The summed E-state index contributed by atoms with van der Waals surface area (Å²) in [5.74, 6) is -0.925. The lowest BCUT2D eigenvalue weighted by molar-refractivity contribution is -0.161. The van der Waals surface area contributed by atoms with Crippen LogP contribution in [0, 0.1) is 17.8 Å². The maximum Gasteiger partial charge on any atom is 0.469 e. The molecule has 1 aliphatic carbocycles. The summed E-state index contributed by atoms with van der Waals surface area (Å²) >= 11 is 0. The molecule has 0 aromatic carbocycles. The summed E-state index contributed by atoms with van der Waals surface area (Å²) in [6, 6.07) is 0. The van der Waals surface area contributed by atoms with Gasteiger partial charge in [-0.3, -0.25) is 18.9 Å². The number of allylic oxidation sites excluding steroid dienone is 2. The summed E-state index contributed by atoms with van der Waals surface area (Å²) in [5.41, 5.74) is 0. The Labute approximate surface area is 339 Å². The number of aliphatic hydroxyl groups excluding tert-OH is 2. The smallest absolute Gasteiger partial charge is 0.462 e. The fraction of sp³-hybridized carbons (Fsp3) is 0.841. The number of phosphoric ester groups is 1. The summed E-state index contributed by atoms with van der Waals surface area (Å²) in [7, 11) is -4.82. The van der Waals surface area contributed by atoms with E-state index in [4.69, 9.17) is 19.3 Å². The number of aliphatic hydroxyl groups is 2. The number of carbonyl (C=O) groups is 3. The number of esters is 2. The minimum absolute atomic E-state index is 0.00566. The zero-order valence-electron chi connectivity index (χ0n) is 35.2. The summed E-state index contributed by atoms with van der Waals surface area (Å²) in [6.45, 7) is 5.73. The molecule has 1 saturated carbocycles. The molecule has 56 heavy (non-hydrogen) atoms. The maximum absolute atomic E-state index is 12.5. The standard InChI is InChI=1S/C44H79O11P/c1-4-6-21-27-37(45)31-32-40-39(41(46)33-42(40)47)28-23-19-20-24-29-43(48)53-34-38(35-54-56(50,51)52)55-44(49)30-25-18-16-14-12-10-8-7-9-11-13-15-17-22-26-36(3)5-2/h19,23,31-32,36-40,42,45,47H,4-18,20-22,24-30,33-35H2,1-3H3,(H2,50,51,52)/b23-19-,32-31+/t36?,37-,38+,39+,40+,42+/m0/s1. The van der Waals surface area contributed by atoms with Crippen molar-refractivity contribution in [3.63, 3.8) is 0 Å². The summed E-state index contributed by atoms with van der Waals surface area (Å²) < 4.78 is 26.4. The van der Waals surface area contributed by atoms with E-state index in [1.54, 1.807) is 12.2 Å². The zero-order chi connectivity index (χ0) is 41.4. The van der Waals surface area contributed by atoms with Crippen LogP contribution in [0.3, 0.4) is 0 Å². The molecule has 0 heterocycles. The van der Waals surface area contributed by atoms with E-state index < -0.39 is 44.7 Å². The van der Waals surface area contributed by atoms with Crippen LogP contribution in [-0.2, 0) is 32.9 Å². The van der Waals surface area contributed by atoms with Gasteiger partial charge in [0.15, 0.2) is 6.10 Å². The van der Waals surface area contributed by atoms with Crippen molar-refractivity contribution < 1.29 is 52.9 Å². The van der Waals surface area contributed by atoms with Gasteiger partial charge in [-0.2, -0.15) is 0 Å². The van der Waals surface area contributed by atoms with E-state index in [1.165, 1.54) is 77.0 Å². The maximum atomic E-state index is 12.5. The van der Waals surface area contributed by atoms with Crippen molar-refractivity contribution in [3.8, 4) is 0 Å². The van der Waals surface area contributed by atoms with Gasteiger partial charge in [0.2, 0.25) is 0 Å². The third-order valence-electron chi connectivity index (χ3n) is 10.9. The van der Waals surface area contributed by atoms with Crippen LogP contribution in [0.4, 0.5) is 0 Å². The number of ketones is 1. The second kappa shape index (κ2) is 33.0. The van der Waals surface area contributed by atoms with E-state index in [1.807, 2.05) is 12.2 Å². The predicted molar refractivity (Wildman–Crippen MR) is 222 cm³/mol. The first-order valence-corrected chi connectivity index (χ1v) is 23.7. The fourth-order valence-corrected chi connectivity index (χ4v) is 7.46. The molecule has 326 valence electrons. The van der Waals surface area contributed by atoms with Crippen molar-refractivity contribution in [1.29, 1.82) is 0 Å². The number of hydrogen-bond acceptors (Lipinski definition) is 9. The van der Waals surface area contributed by atoms with E-state index >= 15 is 0 Å². The zero-order valence-corrected chi connectivity index (χ0v) is 36.1. The number of ether oxygens (including phenoxy) is 2. The Kier molecular flexibility index (Phi) is 30.7. The number of rotatable bonds is 36. The molecule has 0 aromatic rings. The monoisotopic (exact) mass is 815 g/mol. The molecule has 11 nitrogen and oxygen atoms in total. The average Bonchev–Trinajstić information content (AvgIpc) is 3.43. The summed E-state index contributed by atoms with van der Waals surface area (Å²) in [5, 5.41) is 20.6. The molecule has 0 saturated heterocycles. The van der Waals surface area contributed by atoms with Crippen molar-refractivity contribution in [3.05, 3.63) is 24.3 Å². The van der Waals surface area contributed by atoms with E-state index in [2.05, 4.69) is 25.3 Å². The molecule has 0 spiro atoms. The quantitative estimate of drug-likeness (QED) is 0.0205. The number of unbranched alkanes of at least 4 members (excludes halogenated alkanes) is 16. The molecule has 1 aliphatic rings. The number of hydrogen-bond donors (Lipinski definition) is 4. The van der Waals surface area contributed by atoms with E-state index in [0.29, 0.717) is 32.1 Å². The van der Waals surface area contributed by atoms with Gasteiger partial charge in [0, 0.05) is 31.1 Å². The second-order valence-electron chi connectivity index (χ2n) is 16.1. The van der Waals surface area contributed by atoms with Crippen LogP contribution >= 0.6 is 7.82 Å². The van der Waals surface area contributed by atoms with Gasteiger partial charge in [0.1, 0.15) is 12.4 Å². The number of phosphoric acid groups is 1. The number of Topliss-reactive ketones (excluding diaryl/α,β-unsaturated/α-hetero) is 1. The molecule has 0 bridgehead atoms. The molecule has 1 unspecified atom stereocenters. The van der Waals surface area contributed by atoms with Crippen LogP contribution in [0.15, 0.2) is 24.3 Å². The second-order valence-corrected chi connectivity index (χ2v) is 17.3. The lowest BCUT2D eigenvalue weighted by Gasteiger charge is -2.18. The van der Waals surface area contributed by atoms with E-state index in [-0.39, 0.29) is 43.5 Å². The molecule has 12 heteroatoms. The first kappa shape index (κ1) is 52.1. The summed E-state index contributed by atoms with van der Waals surface area (Å²) in [6.07, 6.45) is 29.7. The lowest BCUT2D eigenvalue weighted by atomic mass is 9.90. The molecule has 0 radical (unpaired) electrons. The minimum atomic E-state index is -4.82. The predicted octanol–water partition coefficient (Wildman–Crippen LogP) is 10.0. The molecular formula is C44H79O11P. The van der Waals surface area contributed by atoms with E-state index in [0.717, 1.165) is 44.4 Å². The third-order valence-corrected chi connectivity index (χ3v) is 11.4. The van der Waals surface area contributed by atoms with Crippen molar-refractivity contribution in [2.75, 3.05) is 13.2 Å². The molecule has 1 fully saturated rings. The molecule has 0 amide bonds. The van der Waals surface area contributed by atoms with Crippen LogP contribution in [0.25, 0.3) is 0 Å². The van der Waals surface area contributed by atoms with Gasteiger partial charge in [-0.1, -0.05) is 161 Å². The van der Waals surface area contributed by atoms with Crippen LogP contribution < -0.4 is 0 Å². The first-order valence-electron chi connectivity index (χ1n) is 22.1. The Morgan fingerprint density at radius 3 is 1.95 bits per heavy atom. The van der Waals surface area contributed by atoms with Crippen molar-refractivity contribution in [2.45, 2.75) is 206 Å². The Bertz CT molecular complexity index is 1140. The van der Waals surface area contributed by atoms with Crippen molar-refractivity contribution in [2.24, 2.45) is 17.8 Å². The van der Waals surface area contributed by atoms with E-state index in [9.17, 15) is 29.2 Å². The highest BCUT2D eigenvalue weighted by atomic mass is 31.2. The SMILES string of the molecule is CCCCC[C@H](O)/C=C/[C@H]1[C@H](O)CC(=O)[C@@H]1C/C=C\CCCC(=O)OC[C@H](COP(=O)(O)O)OC(=O)CCCCCCCCCCCCCCCCC(C)CC. The van der Waals surface area contributed by atoms with Gasteiger partial charge in [-0.25, -0.2) is 4.57 Å². The third kappa shape index (κ3) is 28.5. The molecule has 0 aliphatic heterocycles. The summed E-state index contributed by atoms with van der Waals surface area (Å²) in [4.78, 5) is 55.6. The van der Waals surface area contributed by atoms with Crippen molar-refractivity contribution >= 4 is 25.5 Å². The highest BCUT2D eigenvalue weighted by Gasteiger charge is 2.39. The normalized spacial score (nSPS) is 19.2. The van der Waals surface area contributed by atoms with Crippen LogP contribution in [0.1, 0.15) is 188 Å². The van der Waals surface area contributed by atoms with Gasteiger partial charge in [0.05, 0.1) is 18.8 Å². The molecule has 0 aromatic heterocycles. The highest BCUT2D eigenvalue weighted by molar-refractivity contribution is 7.46. The molecule has 6 atom stereocenters. The fourth-order valence-electron chi connectivity index (χ4n) is 7.10. The van der Waals surface area contributed by atoms with Crippen LogP contribution in [0.5, 0.6) is 0 Å². The van der Waals surface area contributed by atoms with Gasteiger partial charge >= 0.3 is 19.8 Å².